The van der Waals surface area contributed by atoms with Crippen molar-refractivity contribution < 1.29 is 9.15 Å². The van der Waals surface area contributed by atoms with Crippen molar-refractivity contribution in [2.75, 3.05) is 13.7 Å². The third-order valence-electron chi connectivity index (χ3n) is 2.59. The first kappa shape index (κ1) is 12.2. The van der Waals surface area contributed by atoms with E-state index in [0.29, 0.717) is 0 Å². The van der Waals surface area contributed by atoms with Crippen LogP contribution in [0.5, 0.6) is 5.75 Å². The molecule has 0 aliphatic carbocycles. The topological polar surface area (TPSA) is 34.4 Å². The van der Waals surface area contributed by atoms with Crippen molar-refractivity contribution in [3.63, 3.8) is 0 Å². The van der Waals surface area contributed by atoms with Gasteiger partial charge in [0.15, 0.2) is 0 Å². The van der Waals surface area contributed by atoms with Crippen LogP contribution in [0.25, 0.3) is 0 Å². The van der Waals surface area contributed by atoms with Crippen LogP contribution in [0, 0.1) is 0 Å². The molecule has 1 unspecified atom stereocenters. The van der Waals surface area contributed by atoms with Gasteiger partial charge in [-0.05, 0) is 25.1 Å². The SMILES string of the molecule is CCCNC(c1ccoc1)c1cc(OC)cs1. The summed E-state index contributed by atoms with van der Waals surface area (Å²) in [5.41, 5.74) is 1.16. The highest BCUT2D eigenvalue weighted by atomic mass is 32.1. The summed E-state index contributed by atoms with van der Waals surface area (Å²) < 4.78 is 10.4. The van der Waals surface area contributed by atoms with Gasteiger partial charge >= 0.3 is 0 Å². The third-order valence-corrected chi connectivity index (χ3v) is 3.57. The van der Waals surface area contributed by atoms with Crippen LogP contribution in [0.15, 0.2) is 34.5 Å². The zero-order valence-electron chi connectivity index (χ0n) is 10.1. The molecule has 0 saturated carbocycles. The molecule has 0 aliphatic rings. The summed E-state index contributed by atoms with van der Waals surface area (Å²) in [4.78, 5) is 1.25. The van der Waals surface area contributed by atoms with E-state index in [-0.39, 0.29) is 6.04 Å². The Kier molecular flexibility index (Phi) is 4.23. The largest absolute Gasteiger partial charge is 0.496 e. The summed E-state index contributed by atoms with van der Waals surface area (Å²) >= 11 is 1.70. The Labute approximate surface area is 105 Å². The van der Waals surface area contributed by atoms with Crippen molar-refractivity contribution >= 4 is 11.3 Å². The molecule has 0 amide bonds. The van der Waals surface area contributed by atoms with Crippen LogP contribution in [-0.2, 0) is 0 Å². The van der Waals surface area contributed by atoms with Gasteiger partial charge in [0, 0.05) is 15.8 Å². The van der Waals surface area contributed by atoms with E-state index in [1.54, 1.807) is 31.0 Å². The molecule has 2 aromatic rings. The maximum absolute atomic E-state index is 5.23. The molecule has 17 heavy (non-hydrogen) atoms. The maximum atomic E-state index is 5.23. The van der Waals surface area contributed by atoms with Gasteiger partial charge in [-0.2, -0.15) is 0 Å². The fourth-order valence-corrected chi connectivity index (χ4v) is 2.66. The summed E-state index contributed by atoms with van der Waals surface area (Å²) in [5, 5.41) is 5.54. The molecule has 0 fully saturated rings. The van der Waals surface area contributed by atoms with Gasteiger partial charge in [-0.3, -0.25) is 0 Å². The molecule has 0 bridgehead atoms. The minimum absolute atomic E-state index is 0.197. The normalized spacial score (nSPS) is 12.6. The first-order valence-corrected chi connectivity index (χ1v) is 6.61. The van der Waals surface area contributed by atoms with E-state index >= 15 is 0 Å². The van der Waals surface area contributed by atoms with Crippen molar-refractivity contribution in [2.45, 2.75) is 19.4 Å². The molecule has 1 N–H and O–H groups in total. The van der Waals surface area contributed by atoms with E-state index < -0.39 is 0 Å². The minimum atomic E-state index is 0.197. The van der Waals surface area contributed by atoms with Crippen LogP contribution in [-0.4, -0.2) is 13.7 Å². The molecular weight excluding hydrogens is 234 g/mol. The van der Waals surface area contributed by atoms with Crippen LogP contribution in [0.4, 0.5) is 0 Å². The number of methoxy groups -OCH3 is 1. The first-order valence-electron chi connectivity index (χ1n) is 5.73. The standard InChI is InChI=1S/C13H17NO2S/c1-3-5-14-13(10-4-6-16-8-10)12-7-11(15-2)9-17-12/h4,6-9,13-14H,3,5H2,1-2H3. The molecule has 0 spiro atoms. The summed E-state index contributed by atoms with van der Waals surface area (Å²) in [5.74, 6) is 0.914. The van der Waals surface area contributed by atoms with Crippen LogP contribution in [0.3, 0.4) is 0 Å². The van der Waals surface area contributed by atoms with Gasteiger partial charge in [0.1, 0.15) is 5.75 Å². The molecule has 0 aromatic carbocycles. The Morgan fingerprint density at radius 1 is 1.53 bits per heavy atom. The molecule has 92 valence electrons. The molecule has 0 radical (unpaired) electrons. The van der Waals surface area contributed by atoms with E-state index in [1.165, 1.54) is 4.88 Å². The van der Waals surface area contributed by atoms with E-state index in [0.717, 1.165) is 24.3 Å². The molecule has 3 nitrogen and oxygen atoms in total. The highest BCUT2D eigenvalue weighted by Gasteiger charge is 2.16. The second kappa shape index (κ2) is 5.89. The van der Waals surface area contributed by atoms with Gasteiger partial charge in [-0.1, -0.05) is 6.92 Å². The Morgan fingerprint density at radius 2 is 2.41 bits per heavy atom. The Hall–Kier alpha value is -1.26. The average molecular weight is 251 g/mol. The van der Waals surface area contributed by atoms with Gasteiger partial charge < -0.3 is 14.5 Å². The van der Waals surface area contributed by atoms with Crippen molar-refractivity contribution in [1.29, 1.82) is 0 Å². The first-order chi connectivity index (χ1) is 8.35. The molecule has 4 heteroatoms. The van der Waals surface area contributed by atoms with Crippen molar-refractivity contribution in [3.8, 4) is 5.75 Å². The lowest BCUT2D eigenvalue weighted by Gasteiger charge is -2.15. The van der Waals surface area contributed by atoms with Crippen molar-refractivity contribution in [1.82, 2.24) is 5.32 Å². The summed E-state index contributed by atoms with van der Waals surface area (Å²) in [6.07, 6.45) is 4.61. The molecule has 1 atom stereocenters. The molecular formula is C13H17NO2S. The van der Waals surface area contributed by atoms with Crippen LogP contribution in [0.2, 0.25) is 0 Å². The number of ether oxygens (including phenoxy) is 1. The van der Waals surface area contributed by atoms with E-state index in [2.05, 4.69) is 18.3 Å². The highest BCUT2D eigenvalue weighted by molar-refractivity contribution is 7.10. The van der Waals surface area contributed by atoms with Crippen LogP contribution in [0.1, 0.15) is 29.8 Å². The average Bonchev–Trinajstić information content (AvgIpc) is 3.00. The number of hydrogen-bond acceptors (Lipinski definition) is 4. The molecule has 2 rings (SSSR count). The Bertz CT molecular complexity index is 436. The lowest BCUT2D eigenvalue weighted by molar-refractivity contribution is 0.416. The lowest BCUT2D eigenvalue weighted by atomic mass is 10.1. The minimum Gasteiger partial charge on any atom is -0.496 e. The quantitative estimate of drug-likeness (QED) is 0.854. The maximum Gasteiger partial charge on any atom is 0.129 e. The van der Waals surface area contributed by atoms with Crippen LogP contribution >= 0.6 is 11.3 Å². The molecule has 2 heterocycles. The van der Waals surface area contributed by atoms with Crippen LogP contribution < -0.4 is 10.1 Å². The lowest BCUT2D eigenvalue weighted by Crippen LogP contribution is -2.21. The Morgan fingerprint density at radius 3 is 3.00 bits per heavy atom. The van der Waals surface area contributed by atoms with Crippen molar-refractivity contribution in [3.05, 3.63) is 40.5 Å². The predicted octanol–water partition coefficient (Wildman–Crippen LogP) is 3.44. The Balaban J connectivity index is 2.20. The molecule has 0 saturated heterocycles. The summed E-state index contributed by atoms with van der Waals surface area (Å²) in [6.45, 7) is 3.14. The fourth-order valence-electron chi connectivity index (χ4n) is 1.70. The van der Waals surface area contributed by atoms with Crippen molar-refractivity contribution in [2.24, 2.45) is 0 Å². The summed E-state index contributed by atoms with van der Waals surface area (Å²) in [7, 11) is 1.69. The number of hydrogen-bond donors (Lipinski definition) is 1. The smallest absolute Gasteiger partial charge is 0.129 e. The third kappa shape index (κ3) is 2.90. The second-order valence-corrected chi connectivity index (χ2v) is 4.78. The monoisotopic (exact) mass is 251 g/mol. The number of nitrogens with one attached hydrogen (secondary N) is 1. The zero-order chi connectivity index (χ0) is 12.1. The van der Waals surface area contributed by atoms with E-state index in [1.807, 2.05) is 11.4 Å². The highest BCUT2D eigenvalue weighted by Crippen LogP contribution is 2.31. The molecule has 2 aromatic heterocycles. The molecule has 0 aliphatic heterocycles. The van der Waals surface area contributed by atoms with Gasteiger partial charge in [-0.25, -0.2) is 0 Å². The fraction of sp³-hybridized carbons (Fsp3) is 0.385. The van der Waals surface area contributed by atoms with Gasteiger partial charge in [-0.15, -0.1) is 11.3 Å². The number of thiophene rings is 1. The summed E-state index contributed by atoms with van der Waals surface area (Å²) in [6, 6.07) is 4.27. The van der Waals surface area contributed by atoms with E-state index in [9.17, 15) is 0 Å². The second-order valence-electron chi connectivity index (χ2n) is 3.83. The zero-order valence-corrected chi connectivity index (χ0v) is 10.9. The number of furan rings is 1. The van der Waals surface area contributed by atoms with E-state index in [4.69, 9.17) is 9.15 Å². The van der Waals surface area contributed by atoms with Gasteiger partial charge in [0.2, 0.25) is 0 Å². The number of rotatable bonds is 6. The van der Waals surface area contributed by atoms with Gasteiger partial charge in [0.25, 0.3) is 0 Å². The van der Waals surface area contributed by atoms with Gasteiger partial charge in [0.05, 0.1) is 25.7 Å². The predicted molar refractivity (Wildman–Crippen MR) is 69.7 cm³/mol.